The van der Waals surface area contributed by atoms with E-state index in [-0.39, 0.29) is 22.9 Å². The second kappa shape index (κ2) is 14.3. The number of halogens is 2. The number of hydrogen-bond acceptors (Lipinski definition) is 10. The average Bonchev–Trinajstić information content (AvgIpc) is 2.99. The van der Waals surface area contributed by atoms with Crippen LogP contribution in [0.1, 0.15) is 62.5 Å². The number of likely N-dealkylation sites (tertiary alicyclic amines) is 1. The van der Waals surface area contributed by atoms with Crippen LogP contribution in [0.5, 0.6) is 0 Å². The van der Waals surface area contributed by atoms with Crippen molar-refractivity contribution in [1.82, 2.24) is 30.1 Å². The quantitative estimate of drug-likeness (QED) is 0.184. The van der Waals surface area contributed by atoms with E-state index in [1.54, 1.807) is 25.4 Å². The van der Waals surface area contributed by atoms with Crippen LogP contribution in [0.15, 0.2) is 35.8 Å². The van der Waals surface area contributed by atoms with Gasteiger partial charge in [0.2, 0.25) is 5.90 Å². The van der Waals surface area contributed by atoms with Gasteiger partial charge in [-0.1, -0.05) is 37.0 Å². The SMILES string of the molecule is C=C(NCC)OC(=NC)c1cnc(N2CC(CC)N(C3CCN(C(=O)c4ccc(Cl)nc4N)CC3)C[C@H]2CC)c(Cl)n1. The first kappa shape index (κ1) is 31.8. The van der Waals surface area contributed by atoms with E-state index >= 15 is 0 Å². The number of piperazine rings is 1. The summed E-state index contributed by atoms with van der Waals surface area (Å²) in [6, 6.07) is 4.17. The molecule has 0 radical (unpaired) electrons. The number of aliphatic imine (C=N–C) groups is 1. The molecule has 2 aliphatic rings. The third-order valence-corrected chi connectivity index (χ3v) is 8.49. The summed E-state index contributed by atoms with van der Waals surface area (Å²) in [7, 11) is 1.63. The second-order valence-electron chi connectivity index (χ2n) is 10.5. The molecule has 11 nitrogen and oxygen atoms in total. The smallest absolute Gasteiger partial charge is 0.257 e. The highest BCUT2D eigenvalue weighted by molar-refractivity contribution is 6.32. The Morgan fingerprint density at radius 3 is 2.45 bits per heavy atom. The summed E-state index contributed by atoms with van der Waals surface area (Å²) in [6.45, 7) is 13.9. The van der Waals surface area contributed by atoms with Gasteiger partial charge in [-0.3, -0.25) is 14.7 Å². The van der Waals surface area contributed by atoms with E-state index in [0.29, 0.717) is 65.7 Å². The van der Waals surface area contributed by atoms with Gasteiger partial charge >= 0.3 is 0 Å². The Kier molecular flexibility index (Phi) is 10.9. The summed E-state index contributed by atoms with van der Waals surface area (Å²) >= 11 is 12.7. The monoisotopic (exact) mass is 617 g/mol. The van der Waals surface area contributed by atoms with Crippen LogP contribution >= 0.6 is 23.2 Å². The van der Waals surface area contributed by atoms with Crippen LogP contribution in [0, 0.1) is 0 Å². The Balaban J connectivity index is 1.44. The molecule has 2 aliphatic heterocycles. The Labute approximate surface area is 258 Å². The molecule has 4 rings (SSSR count). The van der Waals surface area contributed by atoms with Crippen molar-refractivity contribution in [1.29, 1.82) is 0 Å². The topological polar surface area (TPSA) is 125 Å². The number of hydrogen-bond donors (Lipinski definition) is 2. The summed E-state index contributed by atoms with van der Waals surface area (Å²) in [4.78, 5) is 37.5. The number of nitrogens with two attached hydrogens (primary N) is 1. The number of pyridine rings is 1. The van der Waals surface area contributed by atoms with Crippen LogP contribution in [0.25, 0.3) is 0 Å². The number of carbonyl (C=O) groups is 1. The largest absolute Gasteiger partial charge is 0.422 e. The molecule has 2 aromatic rings. The molecule has 2 fully saturated rings. The lowest BCUT2D eigenvalue weighted by molar-refractivity contribution is 0.0419. The molecule has 1 amide bonds. The van der Waals surface area contributed by atoms with Crippen LogP contribution in [0.3, 0.4) is 0 Å². The number of amides is 1. The number of nitrogens with zero attached hydrogens (tertiary/aromatic N) is 7. The number of ether oxygens (including phenoxy) is 1. The Morgan fingerprint density at radius 2 is 1.86 bits per heavy atom. The molecule has 2 saturated heterocycles. The van der Waals surface area contributed by atoms with Crippen LogP contribution in [-0.2, 0) is 4.74 Å². The minimum absolute atomic E-state index is 0.0947. The van der Waals surface area contributed by atoms with Crippen molar-refractivity contribution in [3.8, 4) is 0 Å². The van der Waals surface area contributed by atoms with E-state index in [9.17, 15) is 4.79 Å². The number of piperidine rings is 1. The molecule has 0 aliphatic carbocycles. The molecule has 2 aromatic heterocycles. The van der Waals surface area contributed by atoms with Crippen LogP contribution in [0.2, 0.25) is 10.3 Å². The zero-order chi connectivity index (χ0) is 30.4. The fourth-order valence-corrected chi connectivity index (χ4v) is 6.21. The Hall–Kier alpha value is -3.15. The van der Waals surface area contributed by atoms with Crippen LogP contribution < -0.4 is 16.0 Å². The van der Waals surface area contributed by atoms with Crippen LogP contribution in [0.4, 0.5) is 11.6 Å². The normalized spacial score (nSPS) is 20.5. The number of carbonyl (C=O) groups excluding carboxylic acids is 1. The number of rotatable bonds is 9. The second-order valence-corrected chi connectivity index (χ2v) is 11.3. The van der Waals surface area contributed by atoms with Crippen molar-refractivity contribution >= 4 is 46.6 Å². The molecule has 0 spiro atoms. The van der Waals surface area contributed by atoms with Crippen molar-refractivity contribution < 1.29 is 9.53 Å². The molecule has 4 heterocycles. The van der Waals surface area contributed by atoms with Gasteiger partial charge in [-0.25, -0.2) is 15.0 Å². The van der Waals surface area contributed by atoms with E-state index in [1.807, 2.05) is 11.8 Å². The lowest BCUT2D eigenvalue weighted by Gasteiger charge is -2.51. The van der Waals surface area contributed by atoms with Crippen molar-refractivity contribution in [3.05, 3.63) is 52.4 Å². The molecule has 1 unspecified atom stereocenters. The fraction of sp³-hybridized carbons (Fsp3) is 0.552. The molecule has 0 saturated carbocycles. The fourth-order valence-electron chi connectivity index (χ4n) is 5.81. The molecule has 0 bridgehead atoms. The van der Waals surface area contributed by atoms with Gasteiger partial charge in [-0.2, -0.15) is 0 Å². The molecule has 13 heteroatoms. The standard InChI is InChI=1S/C29H41Cl2N9O2/c1-6-19-17-40(27-25(31)36-23(15-35-27)28(33-5)42-18(4)34-8-3)20(7-2)16-39(19)21-11-13-38(14-12-21)29(41)22-9-10-24(30)37-26(22)32/h9-10,15,19-21,34H,4,6-8,11-14,16-17H2,1-3,5H3,(H2,32,37)/t19?,20-/m1/s1. The molecule has 3 N–H and O–H groups in total. The lowest BCUT2D eigenvalue weighted by atomic mass is 9.95. The molecule has 0 aromatic carbocycles. The van der Waals surface area contributed by atoms with Crippen LogP contribution in [-0.4, -0.2) is 94.5 Å². The Morgan fingerprint density at radius 1 is 1.14 bits per heavy atom. The van der Waals surface area contributed by atoms with Gasteiger partial charge in [0.25, 0.3) is 5.91 Å². The highest BCUT2D eigenvalue weighted by Crippen LogP contribution is 2.32. The number of nitrogens with one attached hydrogen (secondary N) is 1. The highest BCUT2D eigenvalue weighted by atomic mass is 35.5. The lowest BCUT2D eigenvalue weighted by Crippen LogP contribution is -2.62. The molecule has 42 heavy (non-hydrogen) atoms. The zero-order valence-corrected chi connectivity index (χ0v) is 26.3. The van der Waals surface area contributed by atoms with Gasteiger partial charge < -0.3 is 25.6 Å². The minimum atomic E-state index is -0.0947. The molecular formula is C29H41Cl2N9O2. The van der Waals surface area contributed by atoms with Gasteiger partial charge in [0.1, 0.15) is 16.7 Å². The maximum absolute atomic E-state index is 13.1. The van der Waals surface area contributed by atoms with Crippen molar-refractivity contribution in [3.63, 3.8) is 0 Å². The average molecular weight is 619 g/mol. The van der Waals surface area contributed by atoms with E-state index in [4.69, 9.17) is 38.7 Å². The maximum atomic E-state index is 13.1. The minimum Gasteiger partial charge on any atom is -0.422 e. The predicted octanol–water partition coefficient (Wildman–Crippen LogP) is 4.22. The van der Waals surface area contributed by atoms with E-state index in [2.05, 4.69) is 50.5 Å². The predicted molar refractivity (Wildman–Crippen MR) is 168 cm³/mol. The van der Waals surface area contributed by atoms with Gasteiger partial charge in [0.05, 0.1) is 11.8 Å². The number of anilines is 2. The molecule has 2 atom stereocenters. The van der Waals surface area contributed by atoms with Crippen molar-refractivity contribution in [2.45, 2.75) is 64.6 Å². The van der Waals surface area contributed by atoms with E-state index in [0.717, 1.165) is 38.8 Å². The maximum Gasteiger partial charge on any atom is 0.257 e. The first-order chi connectivity index (χ1) is 20.2. The Bertz CT molecular complexity index is 1300. The molecule has 228 valence electrons. The first-order valence-corrected chi connectivity index (χ1v) is 15.3. The van der Waals surface area contributed by atoms with E-state index in [1.165, 1.54) is 0 Å². The van der Waals surface area contributed by atoms with Gasteiger partial charge in [0.15, 0.2) is 16.9 Å². The summed E-state index contributed by atoms with van der Waals surface area (Å²) in [5, 5.41) is 3.60. The van der Waals surface area contributed by atoms with Gasteiger partial charge in [-0.15, -0.1) is 0 Å². The first-order valence-electron chi connectivity index (χ1n) is 14.5. The highest BCUT2D eigenvalue weighted by Gasteiger charge is 2.39. The zero-order valence-electron chi connectivity index (χ0n) is 24.8. The summed E-state index contributed by atoms with van der Waals surface area (Å²) < 4.78 is 5.71. The summed E-state index contributed by atoms with van der Waals surface area (Å²) in [5.41, 5.74) is 6.83. The summed E-state index contributed by atoms with van der Waals surface area (Å²) in [6.07, 6.45) is 5.35. The number of aromatic nitrogens is 3. The summed E-state index contributed by atoms with van der Waals surface area (Å²) in [5.74, 6) is 1.42. The van der Waals surface area contributed by atoms with E-state index < -0.39 is 0 Å². The van der Waals surface area contributed by atoms with Gasteiger partial charge in [0, 0.05) is 57.9 Å². The third kappa shape index (κ3) is 7.07. The number of nitrogen functional groups attached to an aromatic ring is 1. The van der Waals surface area contributed by atoms with Gasteiger partial charge in [-0.05, 0) is 51.3 Å². The molecular weight excluding hydrogens is 577 g/mol. The van der Waals surface area contributed by atoms with Crippen molar-refractivity contribution in [2.75, 3.05) is 50.4 Å². The van der Waals surface area contributed by atoms with Crippen molar-refractivity contribution in [2.24, 2.45) is 4.99 Å². The third-order valence-electron chi connectivity index (χ3n) is 8.02.